The summed E-state index contributed by atoms with van der Waals surface area (Å²) in [6.07, 6.45) is 0.177. The summed E-state index contributed by atoms with van der Waals surface area (Å²) in [5, 5.41) is 14.7. The lowest BCUT2D eigenvalue weighted by atomic mass is 9.85. The fourth-order valence-electron chi connectivity index (χ4n) is 1.75. The van der Waals surface area contributed by atoms with Gasteiger partial charge in [0, 0.05) is 18.5 Å². The van der Waals surface area contributed by atoms with Gasteiger partial charge in [0.05, 0.1) is 6.10 Å². The number of hydrogen-bond donors (Lipinski definition) is 3. The number of urea groups is 1. The molecule has 0 aliphatic carbocycles. The minimum Gasteiger partial charge on any atom is -0.393 e. The molecular formula is C15H24N2O2. The first kappa shape index (κ1) is 15.5. The summed E-state index contributed by atoms with van der Waals surface area (Å²) in [6.45, 7) is 6.95. The first-order valence-corrected chi connectivity index (χ1v) is 6.67. The Labute approximate surface area is 115 Å². The van der Waals surface area contributed by atoms with Crippen LogP contribution in [0.15, 0.2) is 30.3 Å². The van der Waals surface area contributed by atoms with Crippen LogP contribution in [-0.2, 0) is 5.41 Å². The average Bonchev–Trinajstić information content (AvgIpc) is 2.37. The molecule has 0 saturated carbocycles. The van der Waals surface area contributed by atoms with Crippen LogP contribution in [0.1, 0.15) is 32.8 Å². The van der Waals surface area contributed by atoms with Gasteiger partial charge >= 0.3 is 6.03 Å². The van der Waals surface area contributed by atoms with Gasteiger partial charge in [0.15, 0.2) is 0 Å². The number of carbonyl (C=O) groups is 1. The van der Waals surface area contributed by atoms with Gasteiger partial charge in [-0.15, -0.1) is 0 Å². The van der Waals surface area contributed by atoms with Crippen LogP contribution in [0.3, 0.4) is 0 Å². The van der Waals surface area contributed by atoms with Crippen LogP contribution in [0.4, 0.5) is 4.79 Å². The number of hydrogen-bond acceptors (Lipinski definition) is 2. The van der Waals surface area contributed by atoms with Gasteiger partial charge in [-0.3, -0.25) is 0 Å². The molecule has 0 heterocycles. The van der Waals surface area contributed by atoms with Crippen molar-refractivity contribution in [2.75, 3.05) is 13.1 Å². The predicted molar refractivity (Wildman–Crippen MR) is 77.2 cm³/mol. The molecule has 1 rings (SSSR count). The van der Waals surface area contributed by atoms with E-state index in [4.69, 9.17) is 5.11 Å². The van der Waals surface area contributed by atoms with E-state index in [2.05, 4.69) is 36.6 Å². The van der Waals surface area contributed by atoms with Gasteiger partial charge in [0.25, 0.3) is 0 Å². The number of rotatable bonds is 6. The zero-order chi connectivity index (χ0) is 14.3. The molecule has 3 N–H and O–H groups in total. The van der Waals surface area contributed by atoms with Crippen LogP contribution in [0.2, 0.25) is 0 Å². The van der Waals surface area contributed by atoms with Gasteiger partial charge < -0.3 is 15.7 Å². The molecule has 0 aliphatic rings. The van der Waals surface area contributed by atoms with Crippen molar-refractivity contribution in [2.24, 2.45) is 0 Å². The molecule has 0 spiro atoms. The number of benzene rings is 1. The topological polar surface area (TPSA) is 61.4 Å². The van der Waals surface area contributed by atoms with Gasteiger partial charge in [0.2, 0.25) is 0 Å². The molecule has 0 bridgehead atoms. The number of aliphatic hydroxyl groups excluding tert-OH is 1. The standard InChI is InChI=1S/C15H24N2O2/c1-12(18)9-10-16-14(19)17-11-15(2,3)13-7-5-4-6-8-13/h4-8,12,18H,9-11H2,1-3H3,(H2,16,17,19). The van der Waals surface area contributed by atoms with Crippen molar-refractivity contribution in [1.82, 2.24) is 10.6 Å². The number of amides is 2. The first-order valence-electron chi connectivity index (χ1n) is 6.67. The van der Waals surface area contributed by atoms with E-state index in [0.29, 0.717) is 19.5 Å². The second-order valence-electron chi connectivity index (χ2n) is 5.50. The van der Waals surface area contributed by atoms with Crippen molar-refractivity contribution in [3.05, 3.63) is 35.9 Å². The Kier molecular flexibility index (Phi) is 5.83. The normalized spacial score (nSPS) is 12.8. The summed E-state index contributed by atoms with van der Waals surface area (Å²) in [5.74, 6) is 0. The van der Waals surface area contributed by atoms with Crippen molar-refractivity contribution in [3.8, 4) is 0 Å². The van der Waals surface area contributed by atoms with Crippen molar-refractivity contribution in [3.63, 3.8) is 0 Å². The SMILES string of the molecule is CC(O)CCNC(=O)NCC(C)(C)c1ccccc1. The third-order valence-electron chi connectivity index (χ3n) is 3.09. The highest BCUT2D eigenvalue weighted by molar-refractivity contribution is 5.73. The minimum atomic E-state index is -0.388. The van der Waals surface area contributed by atoms with Gasteiger partial charge in [-0.25, -0.2) is 4.79 Å². The van der Waals surface area contributed by atoms with E-state index in [1.165, 1.54) is 5.56 Å². The highest BCUT2D eigenvalue weighted by Crippen LogP contribution is 2.21. The van der Waals surface area contributed by atoms with Crippen molar-refractivity contribution in [1.29, 1.82) is 0 Å². The molecule has 2 amide bonds. The molecule has 19 heavy (non-hydrogen) atoms. The van der Waals surface area contributed by atoms with Gasteiger partial charge in [0.1, 0.15) is 0 Å². The second-order valence-corrected chi connectivity index (χ2v) is 5.50. The van der Waals surface area contributed by atoms with E-state index in [-0.39, 0.29) is 17.6 Å². The average molecular weight is 264 g/mol. The van der Waals surface area contributed by atoms with E-state index in [0.717, 1.165) is 0 Å². The molecule has 4 heteroatoms. The highest BCUT2D eigenvalue weighted by Gasteiger charge is 2.20. The lowest BCUT2D eigenvalue weighted by Gasteiger charge is -2.25. The van der Waals surface area contributed by atoms with Crippen molar-refractivity contribution < 1.29 is 9.90 Å². The Morgan fingerprint density at radius 3 is 2.47 bits per heavy atom. The summed E-state index contributed by atoms with van der Waals surface area (Å²) in [7, 11) is 0. The molecule has 106 valence electrons. The largest absolute Gasteiger partial charge is 0.393 e. The van der Waals surface area contributed by atoms with Crippen LogP contribution in [0, 0.1) is 0 Å². The minimum absolute atomic E-state index is 0.108. The second kappa shape index (κ2) is 7.14. The van der Waals surface area contributed by atoms with Crippen LogP contribution >= 0.6 is 0 Å². The molecule has 0 radical (unpaired) electrons. The van der Waals surface area contributed by atoms with Gasteiger partial charge in [-0.05, 0) is 18.9 Å². The third-order valence-corrected chi connectivity index (χ3v) is 3.09. The van der Waals surface area contributed by atoms with Crippen LogP contribution in [0.5, 0.6) is 0 Å². The smallest absolute Gasteiger partial charge is 0.314 e. The van der Waals surface area contributed by atoms with Gasteiger partial charge in [-0.2, -0.15) is 0 Å². The van der Waals surface area contributed by atoms with E-state index in [1.807, 2.05) is 18.2 Å². The van der Waals surface area contributed by atoms with Crippen LogP contribution in [0.25, 0.3) is 0 Å². The Balaban J connectivity index is 2.37. The number of carbonyl (C=O) groups excluding carboxylic acids is 1. The Bertz CT molecular complexity index is 388. The van der Waals surface area contributed by atoms with E-state index in [9.17, 15) is 4.79 Å². The maximum Gasteiger partial charge on any atom is 0.314 e. The molecule has 1 aromatic carbocycles. The monoisotopic (exact) mass is 264 g/mol. The third kappa shape index (κ3) is 5.75. The summed E-state index contributed by atoms with van der Waals surface area (Å²) in [4.78, 5) is 11.6. The Hall–Kier alpha value is -1.55. The fourth-order valence-corrected chi connectivity index (χ4v) is 1.75. The molecule has 1 atom stereocenters. The molecule has 4 nitrogen and oxygen atoms in total. The predicted octanol–water partition coefficient (Wildman–Crippen LogP) is 2.03. The summed E-state index contributed by atoms with van der Waals surface area (Å²) >= 11 is 0. The van der Waals surface area contributed by atoms with Gasteiger partial charge in [-0.1, -0.05) is 44.2 Å². The molecule has 0 fully saturated rings. The lowest BCUT2D eigenvalue weighted by Crippen LogP contribution is -2.42. The molecule has 0 saturated heterocycles. The van der Waals surface area contributed by atoms with Crippen LogP contribution < -0.4 is 10.6 Å². The highest BCUT2D eigenvalue weighted by atomic mass is 16.3. The molecule has 1 aromatic rings. The lowest BCUT2D eigenvalue weighted by molar-refractivity contribution is 0.183. The van der Waals surface area contributed by atoms with E-state index < -0.39 is 0 Å². The molecular weight excluding hydrogens is 240 g/mol. The number of nitrogens with one attached hydrogen (secondary N) is 2. The maximum atomic E-state index is 11.6. The van der Waals surface area contributed by atoms with E-state index >= 15 is 0 Å². The Morgan fingerprint density at radius 2 is 1.89 bits per heavy atom. The molecule has 1 unspecified atom stereocenters. The fraction of sp³-hybridized carbons (Fsp3) is 0.533. The summed E-state index contributed by atoms with van der Waals surface area (Å²) < 4.78 is 0. The maximum absolute atomic E-state index is 11.6. The van der Waals surface area contributed by atoms with Crippen molar-refractivity contribution >= 4 is 6.03 Å². The van der Waals surface area contributed by atoms with Crippen molar-refractivity contribution in [2.45, 2.75) is 38.7 Å². The molecule has 0 aliphatic heterocycles. The zero-order valence-corrected chi connectivity index (χ0v) is 11.9. The Morgan fingerprint density at radius 1 is 1.26 bits per heavy atom. The first-order chi connectivity index (χ1) is 8.92. The molecule has 0 aromatic heterocycles. The number of aliphatic hydroxyl groups is 1. The summed E-state index contributed by atoms with van der Waals surface area (Å²) in [5.41, 5.74) is 1.09. The quantitative estimate of drug-likeness (QED) is 0.736. The van der Waals surface area contributed by atoms with Crippen LogP contribution in [-0.4, -0.2) is 30.3 Å². The van der Waals surface area contributed by atoms with E-state index in [1.54, 1.807) is 6.92 Å². The summed E-state index contributed by atoms with van der Waals surface area (Å²) in [6, 6.07) is 9.92. The zero-order valence-electron chi connectivity index (χ0n) is 11.9.